The Balaban J connectivity index is 1.86. The summed E-state index contributed by atoms with van der Waals surface area (Å²) in [6.45, 7) is 4.00. The third-order valence-corrected chi connectivity index (χ3v) is 6.74. The minimum absolute atomic E-state index is 0.224. The highest BCUT2D eigenvalue weighted by atomic mass is 32.1. The molecular weight excluding hydrogens is 452 g/mol. The Labute approximate surface area is 194 Å². The SMILES string of the molecule is CNC(=O)C(NC(CCc1ccc(C(F)(F)F)cc1)c1sc(C)cc1C)c1ccc(F)cc1. The molecule has 0 radical (unpaired) electrons. The van der Waals surface area contributed by atoms with E-state index in [-0.39, 0.29) is 11.9 Å². The van der Waals surface area contributed by atoms with Gasteiger partial charge in [0.2, 0.25) is 5.91 Å². The van der Waals surface area contributed by atoms with Crippen LogP contribution < -0.4 is 10.6 Å². The summed E-state index contributed by atoms with van der Waals surface area (Å²) in [5.74, 6) is -0.648. The van der Waals surface area contributed by atoms with E-state index in [0.717, 1.165) is 33.0 Å². The van der Waals surface area contributed by atoms with Crippen molar-refractivity contribution in [1.29, 1.82) is 0 Å². The normalized spacial score (nSPS) is 13.5. The molecule has 0 fully saturated rings. The van der Waals surface area contributed by atoms with Gasteiger partial charge in [0, 0.05) is 22.8 Å². The molecule has 2 N–H and O–H groups in total. The van der Waals surface area contributed by atoms with E-state index in [1.54, 1.807) is 23.5 Å². The van der Waals surface area contributed by atoms with Crippen LogP contribution in [0.15, 0.2) is 54.6 Å². The number of thiophene rings is 1. The van der Waals surface area contributed by atoms with Crippen molar-refractivity contribution in [3.63, 3.8) is 0 Å². The van der Waals surface area contributed by atoms with Crippen molar-refractivity contribution < 1.29 is 22.4 Å². The number of nitrogens with one attached hydrogen (secondary N) is 2. The number of amides is 1. The van der Waals surface area contributed by atoms with Crippen LogP contribution in [0.4, 0.5) is 17.6 Å². The van der Waals surface area contributed by atoms with Gasteiger partial charge in [0.05, 0.1) is 5.56 Å². The molecule has 0 aliphatic rings. The second kappa shape index (κ2) is 10.5. The summed E-state index contributed by atoms with van der Waals surface area (Å²) in [5.41, 5.74) is 1.80. The molecule has 2 aromatic carbocycles. The van der Waals surface area contributed by atoms with Crippen molar-refractivity contribution in [3.8, 4) is 0 Å². The first-order valence-electron chi connectivity index (χ1n) is 10.5. The first kappa shape index (κ1) is 24.9. The maximum atomic E-state index is 13.4. The maximum Gasteiger partial charge on any atom is 0.416 e. The van der Waals surface area contributed by atoms with Crippen LogP contribution in [0.3, 0.4) is 0 Å². The highest BCUT2D eigenvalue weighted by Gasteiger charge is 2.30. The molecule has 0 saturated heterocycles. The molecule has 2 atom stereocenters. The third-order valence-electron chi connectivity index (χ3n) is 5.48. The summed E-state index contributed by atoms with van der Waals surface area (Å²) < 4.78 is 52.0. The van der Waals surface area contributed by atoms with Gasteiger partial charge in [-0.05, 0) is 73.7 Å². The molecule has 33 heavy (non-hydrogen) atoms. The second-order valence-corrected chi connectivity index (χ2v) is 9.24. The van der Waals surface area contributed by atoms with Gasteiger partial charge < -0.3 is 5.32 Å². The molecule has 1 heterocycles. The smallest absolute Gasteiger partial charge is 0.358 e. The second-order valence-electron chi connectivity index (χ2n) is 7.96. The zero-order valence-electron chi connectivity index (χ0n) is 18.6. The van der Waals surface area contributed by atoms with Crippen LogP contribution in [0.25, 0.3) is 0 Å². The average molecular weight is 479 g/mol. The van der Waals surface area contributed by atoms with E-state index in [1.807, 2.05) is 13.8 Å². The Morgan fingerprint density at radius 1 is 1.03 bits per heavy atom. The summed E-state index contributed by atoms with van der Waals surface area (Å²) in [4.78, 5) is 14.9. The van der Waals surface area contributed by atoms with Crippen LogP contribution in [0.2, 0.25) is 0 Å². The van der Waals surface area contributed by atoms with Crippen molar-refractivity contribution in [2.24, 2.45) is 0 Å². The number of aryl methyl sites for hydroxylation is 3. The summed E-state index contributed by atoms with van der Waals surface area (Å²) >= 11 is 1.62. The van der Waals surface area contributed by atoms with E-state index >= 15 is 0 Å². The molecule has 2 unspecified atom stereocenters. The number of likely N-dealkylation sites (N-methyl/N-ethyl adjacent to an activating group) is 1. The summed E-state index contributed by atoms with van der Waals surface area (Å²) in [6.07, 6.45) is -3.28. The molecule has 1 amide bonds. The van der Waals surface area contributed by atoms with Crippen LogP contribution in [0.1, 0.15) is 50.5 Å². The van der Waals surface area contributed by atoms with Crippen molar-refractivity contribution in [2.75, 3.05) is 7.05 Å². The van der Waals surface area contributed by atoms with Gasteiger partial charge in [0.25, 0.3) is 0 Å². The third kappa shape index (κ3) is 6.42. The Kier molecular flexibility index (Phi) is 7.92. The predicted octanol–water partition coefficient (Wildman–Crippen LogP) is 6.27. The van der Waals surface area contributed by atoms with Crippen molar-refractivity contribution in [2.45, 2.75) is 44.9 Å². The minimum Gasteiger partial charge on any atom is -0.358 e. The maximum absolute atomic E-state index is 13.4. The van der Waals surface area contributed by atoms with Crippen LogP contribution in [-0.4, -0.2) is 13.0 Å². The van der Waals surface area contributed by atoms with Crippen LogP contribution in [0, 0.1) is 19.7 Å². The van der Waals surface area contributed by atoms with E-state index in [1.165, 1.54) is 31.3 Å². The monoisotopic (exact) mass is 478 g/mol. The van der Waals surface area contributed by atoms with Crippen LogP contribution in [-0.2, 0) is 17.4 Å². The highest BCUT2D eigenvalue weighted by molar-refractivity contribution is 7.12. The van der Waals surface area contributed by atoms with Crippen molar-refractivity contribution in [1.82, 2.24) is 10.6 Å². The van der Waals surface area contributed by atoms with Gasteiger partial charge in [0.1, 0.15) is 11.9 Å². The zero-order valence-corrected chi connectivity index (χ0v) is 19.4. The van der Waals surface area contributed by atoms with E-state index in [2.05, 4.69) is 16.7 Å². The van der Waals surface area contributed by atoms with E-state index < -0.39 is 23.6 Å². The fourth-order valence-corrected chi connectivity index (χ4v) is 4.92. The van der Waals surface area contributed by atoms with Gasteiger partial charge >= 0.3 is 6.18 Å². The number of benzene rings is 2. The number of alkyl halides is 3. The van der Waals surface area contributed by atoms with E-state index in [9.17, 15) is 22.4 Å². The fourth-order valence-electron chi connectivity index (χ4n) is 3.79. The molecule has 3 rings (SSSR count). The van der Waals surface area contributed by atoms with Gasteiger partial charge in [-0.15, -0.1) is 11.3 Å². The lowest BCUT2D eigenvalue weighted by molar-refractivity contribution is -0.137. The summed E-state index contributed by atoms with van der Waals surface area (Å²) in [7, 11) is 1.54. The Morgan fingerprint density at radius 2 is 1.67 bits per heavy atom. The Hall–Kier alpha value is -2.71. The van der Waals surface area contributed by atoms with Gasteiger partial charge in [-0.1, -0.05) is 24.3 Å². The topological polar surface area (TPSA) is 41.1 Å². The average Bonchev–Trinajstić information content (AvgIpc) is 3.11. The van der Waals surface area contributed by atoms with Gasteiger partial charge in [-0.3, -0.25) is 10.1 Å². The molecule has 1 aromatic heterocycles. The van der Waals surface area contributed by atoms with Crippen LogP contribution in [0.5, 0.6) is 0 Å². The van der Waals surface area contributed by atoms with Crippen molar-refractivity contribution >= 4 is 17.2 Å². The molecule has 0 aliphatic heterocycles. The molecule has 3 aromatic rings. The molecule has 3 nitrogen and oxygen atoms in total. The molecule has 0 bridgehead atoms. The molecule has 0 aliphatic carbocycles. The molecular formula is C25H26F4N2OS. The summed E-state index contributed by atoms with van der Waals surface area (Å²) in [6, 6.07) is 12.0. The number of hydrogen-bond acceptors (Lipinski definition) is 3. The number of carbonyl (C=O) groups excluding carboxylic acids is 1. The van der Waals surface area contributed by atoms with Crippen molar-refractivity contribution in [3.05, 3.63) is 92.4 Å². The standard InChI is InChI=1S/C25H26F4N2OS/c1-15-14-16(2)33-23(15)21(13-6-17-4-9-19(10-5-17)25(27,28)29)31-22(24(32)30-3)18-7-11-20(26)12-8-18/h4-5,7-12,14,21-22,31H,6,13H2,1-3H3,(H,30,32). The van der Waals surface area contributed by atoms with Gasteiger partial charge in [-0.2, -0.15) is 13.2 Å². The lowest BCUT2D eigenvalue weighted by Gasteiger charge is -2.25. The molecule has 8 heteroatoms. The van der Waals surface area contributed by atoms with E-state index in [4.69, 9.17) is 0 Å². The molecule has 0 spiro atoms. The highest BCUT2D eigenvalue weighted by Crippen LogP contribution is 2.33. The Bertz CT molecular complexity index is 1080. The largest absolute Gasteiger partial charge is 0.416 e. The predicted molar refractivity (Wildman–Crippen MR) is 123 cm³/mol. The lowest BCUT2D eigenvalue weighted by Crippen LogP contribution is -2.38. The van der Waals surface area contributed by atoms with Gasteiger partial charge in [0.15, 0.2) is 0 Å². The number of halogens is 4. The van der Waals surface area contributed by atoms with Crippen LogP contribution >= 0.6 is 11.3 Å². The quantitative estimate of drug-likeness (QED) is 0.375. The van der Waals surface area contributed by atoms with Gasteiger partial charge in [-0.25, -0.2) is 4.39 Å². The number of carbonyl (C=O) groups is 1. The zero-order chi connectivity index (χ0) is 24.2. The minimum atomic E-state index is -4.37. The first-order valence-corrected chi connectivity index (χ1v) is 11.4. The lowest BCUT2D eigenvalue weighted by atomic mass is 9.98. The molecule has 0 saturated carbocycles. The Morgan fingerprint density at radius 3 is 2.18 bits per heavy atom. The molecule has 176 valence electrons. The van der Waals surface area contributed by atoms with E-state index in [0.29, 0.717) is 18.4 Å². The first-order chi connectivity index (χ1) is 15.6. The number of rotatable bonds is 8. The fraction of sp³-hybridized carbons (Fsp3) is 0.320. The summed E-state index contributed by atoms with van der Waals surface area (Å²) in [5, 5.41) is 6.06. The number of hydrogen-bond donors (Lipinski definition) is 2.